The van der Waals surface area contributed by atoms with Crippen LogP contribution in [-0.2, 0) is 44.9 Å². The minimum atomic E-state index is -4.71. The largest absolute Gasteiger partial charge is 0.433 e. The summed E-state index contributed by atoms with van der Waals surface area (Å²) < 4.78 is 59.6. The summed E-state index contributed by atoms with van der Waals surface area (Å²) in [6, 6.07) is 1.66. The standard InChI is InChI=1S/C15H15F4N9O2/c1-27-12(5-16)21-11(24-27)7-30-6-9-8(3-4-10(20-9)15(17,18)19)13(29)22-14-23-25-26-28(14)2/h3-4H,5-7H2,1-2H3,(H,22,23,26,29). The third-order valence-corrected chi connectivity index (χ3v) is 3.84. The van der Waals surface area contributed by atoms with Crippen LogP contribution in [0.4, 0.5) is 23.5 Å². The summed E-state index contributed by atoms with van der Waals surface area (Å²) in [7, 11) is 2.96. The molecule has 0 saturated heterocycles. The molecule has 0 aliphatic heterocycles. The Morgan fingerprint density at radius 3 is 2.53 bits per heavy atom. The van der Waals surface area contributed by atoms with Gasteiger partial charge in [-0.05, 0) is 22.6 Å². The zero-order valence-electron chi connectivity index (χ0n) is 15.7. The highest BCUT2D eigenvalue weighted by Crippen LogP contribution is 2.28. The number of alkyl halides is 4. The summed E-state index contributed by atoms with van der Waals surface area (Å²) in [5.41, 5.74) is -1.61. The van der Waals surface area contributed by atoms with Crippen LogP contribution in [0.2, 0.25) is 0 Å². The lowest BCUT2D eigenvalue weighted by Crippen LogP contribution is -2.20. The molecule has 0 saturated carbocycles. The first kappa shape index (κ1) is 21.2. The molecular formula is C15H15F4N9O2. The van der Waals surface area contributed by atoms with E-state index >= 15 is 0 Å². The highest BCUT2D eigenvalue weighted by Gasteiger charge is 2.33. The molecule has 0 aliphatic carbocycles. The third-order valence-electron chi connectivity index (χ3n) is 3.84. The molecule has 1 amide bonds. The summed E-state index contributed by atoms with van der Waals surface area (Å²) in [6.07, 6.45) is -4.71. The third kappa shape index (κ3) is 4.73. The Balaban J connectivity index is 1.80. The summed E-state index contributed by atoms with van der Waals surface area (Å²) in [4.78, 5) is 19.9. The number of halogens is 4. The average molecular weight is 429 g/mol. The van der Waals surface area contributed by atoms with Crippen molar-refractivity contribution in [2.75, 3.05) is 5.32 Å². The molecule has 3 aromatic heterocycles. The Bertz CT molecular complexity index is 1050. The second-order valence-corrected chi connectivity index (χ2v) is 5.96. The number of ether oxygens (including phenoxy) is 1. The molecule has 30 heavy (non-hydrogen) atoms. The fourth-order valence-corrected chi connectivity index (χ4v) is 2.37. The SMILES string of the molecule is Cn1nc(COCc2nc(C(F)(F)F)ccc2C(=O)Nc2nnnn2C)nc1CF. The predicted molar refractivity (Wildman–Crippen MR) is 90.3 cm³/mol. The number of nitrogens with zero attached hydrogens (tertiary/aromatic N) is 8. The van der Waals surface area contributed by atoms with E-state index in [9.17, 15) is 22.4 Å². The van der Waals surface area contributed by atoms with Crippen molar-refractivity contribution in [3.05, 3.63) is 40.7 Å². The van der Waals surface area contributed by atoms with Gasteiger partial charge in [0.05, 0.1) is 17.9 Å². The Morgan fingerprint density at radius 1 is 1.17 bits per heavy atom. The molecule has 0 atom stereocenters. The van der Waals surface area contributed by atoms with Crippen molar-refractivity contribution in [3.63, 3.8) is 0 Å². The van der Waals surface area contributed by atoms with Crippen molar-refractivity contribution in [1.29, 1.82) is 0 Å². The van der Waals surface area contributed by atoms with E-state index in [1.54, 1.807) is 0 Å². The first-order valence-corrected chi connectivity index (χ1v) is 8.32. The van der Waals surface area contributed by atoms with Crippen molar-refractivity contribution < 1.29 is 27.1 Å². The van der Waals surface area contributed by atoms with Crippen molar-refractivity contribution >= 4 is 11.9 Å². The number of carbonyl (C=O) groups excluding carboxylic acids is 1. The van der Waals surface area contributed by atoms with E-state index in [1.165, 1.54) is 23.5 Å². The first-order chi connectivity index (χ1) is 14.2. The summed E-state index contributed by atoms with van der Waals surface area (Å²) in [5.74, 6) is -0.581. The van der Waals surface area contributed by atoms with Gasteiger partial charge in [0.2, 0.25) is 5.95 Å². The van der Waals surface area contributed by atoms with Gasteiger partial charge in [0.25, 0.3) is 5.91 Å². The van der Waals surface area contributed by atoms with E-state index in [0.717, 1.165) is 6.07 Å². The van der Waals surface area contributed by atoms with Gasteiger partial charge in [-0.3, -0.25) is 14.8 Å². The minimum absolute atomic E-state index is 0.0109. The number of hydrogen-bond donors (Lipinski definition) is 1. The van der Waals surface area contributed by atoms with Crippen LogP contribution >= 0.6 is 0 Å². The van der Waals surface area contributed by atoms with Gasteiger partial charge in [0, 0.05) is 14.1 Å². The Hall–Kier alpha value is -3.49. The van der Waals surface area contributed by atoms with Gasteiger partial charge in [0.15, 0.2) is 11.6 Å². The topological polar surface area (TPSA) is 126 Å². The number of pyridine rings is 1. The van der Waals surface area contributed by atoms with Gasteiger partial charge in [-0.2, -0.15) is 18.3 Å². The number of carbonyl (C=O) groups is 1. The molecule has 0 spiro atoms. The molecule has 0 aliphatic rings. The molecule has 3 aromatic rings. The van der Waals surface area contributed by atoms with Gasteiger partial charge >= 0.3 is 6.18 Å². The predicted octanol–water partition coefficient (Wildman–Crippen LogP) is 1.19. The van der Waals surface area contributed by atoms with E-state index in [4.69, 9.17) is 4.74 Å². The summed E-state index contributed by atoms with van der Waals surface area (Å²) in [5, 5.41) is 16.8. The second kappa shape index (κ2) is 8.48. The molecule has 11 nitrogen and oxygen atoms in total. The van der Waals surface area contributed by atoms with Crippen LogP contribution in [-0.4, -0.2) is 45.9 Å². The second-order valence-electron chi connectivity index (χ2n) is 5.96. The quantitative estimate of drug-likeness (QED) is 0.555. The molecule has 0 bridgehead atoms. The van der Waals surface area contributed by atoms with Gasteiger partial charge in [-0.25, -0.2) is 19.0 Å². The zero-order chi connectivity index (χ0) is 21.9. The maximum atomic E-state index is 13.0. The number of tetrazole rings is 1. The van der Waals surface area contributed by atoms with Crippen LogP contribution in [0.5, 0.6) is 0 Å². The number of amides is 1. The summed E-state index contributed by atoms with van der Waals surface area (Å²) >= 11 is 0. The van der Waals surface area contributed by atoms with Crippen LogP contribution in [0.25, 0.3) is 0 Å². The van der Waals surface area contributed by atoms with Gasteiger partial charge in [0.1, 0.15) is 19.0 Å². The Labute approximate surface area is 166 Å². The lowest BCUT2D eigenvalue weighted by atomic mass is 10.1. The lowest BCUT2D eigenvalue weighted by Gasteiger charge is -2.12. The molecule has 0 radical (unpaired) electrons. The van der Waals surface area contributed by atoms with Crippen LogP contribution < -0.4 is 5.32 Å². The van der Waals surface area contributed by atoms with E-state index in [2.05, 4.69) is 35.9 Å². The monoisotopic (exact) mass is 429 g/mol. The van der Waals surface area contributed by atoms with E-state index in [1.807, 2.05) is 0 Å². The minimum Gasteiger partial charge on any atom is -0.367 e. The number of aryl methyl sites for hydroxylation is 2. The van der Waals surface area contributed by atoms with Gasteiger partial charge in [-0.1, -0.05) is 5.10 Å². The highest BCUT2D eigenvalue weighted by atomic mass is 19.4. The highest BCUT2D eigenvalue weighted by molar-refractivity contribution is 6.04. The Morgan fingerprint density at radius 2 is 1.93 bits per heavy atom. The fraction of sp³-hybridized carbons (Fsp3) is 0.400. The number of nitrogens with one attached hydrogen (secondary N) is 1. The molecule has 0 unspecified atom stereocenters. The van der Waals surface area contributed by atoms with E-state index in [0.29, 0.717) is 6.07 Å². The van der Waals surface area contributed by atoms with Crippen LogP contribution in [0.3, 0.4) is 0 Å². The van der Waals surface area contributed by atoms with Crippen LogP contribution in [0, 0.1) is 0 Å². The maximum absolute atomic E-state index is 13.0. The van der Waals surface area contributed by atoms with Gasteiger partial charge < -0.3 is 4.74 Å². The van der Waals surface area contributed by atoms with Gasteiger partial charge in [-0.15, -0.1) is 0 Å². The molecule has 15 heteroatoms. The molecule has 1 N–H and O–H groups in total. The lowest BCUT2D eigenvalue weighted by molar-refractivity contribution is -0.141. The maximum Gasteiger partial charge on any atom is 0.433 e. The number of hydrogen-bond acceptors (Lipinski definition) is 8. The van der Waals surface area contributed by atoms with E-state index in [-0.39, 0.29) is 35.5 Å². The van der Waals surface area contributed by atoms with Crippen molar-refractivity contribution in [3.8, 4) is 0 Å². The average Bonchev–Trinajstić information content (AvgIpc) is 3.25. The van der Waals surface area contributed by atoms with Crippen molar-refractivity contribution in [2.24, 2.45) is 14.1 Å². The number of aromatic nitrogens is 8. The first-order valence-electron chi connectivity index (χ1n) is 8.32. The van der Waals surface area contributed by atoms with Crippen molar-refractivity contribution in [2.45, 2.75) is 26.1 Å². The summed E-state index contributed by atoms with van der Waals surface area (Å²) in [6.45, 7) is -1.51. The van der Waals surface area contributed by atoms with Crippen LogP contribution in [0.15, 0.2) is 12.1 Å². The molecule has 0 aromatic carbocycles. The molecule has 3 heterocycles. The number of anilines is 1. The van der Waals surface area contributed by atoms with E-state index < -0.39 is 31.1 Å². The molecule has 160 valence electrons. The smallest absolute Gasteiger partial charge is 0.367 e. The Kier molecular flexibility index (Phi) is 6.00. The zero-order valence-corrected chi connectivity index (χ0v) is 15.7. The molecular weight excluding hydrogens is 414 g/mol. The van der Waals surface area contributed by atoms with Crippen molar-refractivity contribution in [1.82, 2.24) is 40.0 Å². The van der Waals surface area contributed by atoms with Crippen LogP contribution in [0.1, 0.15) is 33.4 Å². The fourth-order valence-electron chi connectivity index (χ4n) is 2.37. The molecule has 0 fully saturated rings. The normalized spacial score (nSPS) is 11.7. The number of rotatable bonds is 7. The molecule has 3 rings (SSSR count).